The highest BCUT2D eigenvalue weighted by Crippen LogP contribution is 2.46. The molecule has 2 aliphatic rings. The average Bonchev–Trinajstić information content (AvgIpc) is 2.79. The van der Waals surface area contributed by atoms with Crippen LogP contribution < -0.4 is 10.1 Å². The van der Waals surface area contributed by atoms with Gasteiger partial charge < -0.3 is 15.0 Å². The molecule has 3 aromatic rings. The van der Waals surface area contributed by atoms with Crippen LogP contribution in [0.4, 0.5) is 5.69 Å². The zero-order valence-electron chi connectivity index (χ0n) is 17.0. The predicted molar refractivity (Wildman–Crippen MR) is 120 cm³/mol. The number of benzene rings is 3. The third-order valence-electron chi connectivity index (χ3n) is 6.14. The van der Waals surface area contributed by atoms with E-state index >= 15 is 0 Å². The van der Waals surface area contributed by atoms with E-state index in [0.717, 1.165) is 17.5 Å². The van der Waals surface area contributed by atoms with Crippen molar-refractivity contribution in [2.45, 2.75) is 18.4 Å². The minimum absolute atomic E-state index is 0.0216. The molecule has 0 aromatic heterocycles. The first-order chi connectivity index (χ1) is 15.1. The molecule has 0 radical (unpaired) electrons. The molecule has 156 valence electrons. The van der Waals surface area contributed by atoms with Crippen LogP contribution in [0.25, 0.3) is 0 Å². The summed E-state index contributed by atoms with van der Waals surface area (Å²) in [5, 5.41) is 3.43. The Labute approximate surface area is 185 Å². The number of nitrogens with one attached hydrogen (secondary N) is 1. The van der Waals surface area contributed by atoms with Crippen molar-refractivity contribution < 1.29 is 14.3 Å². The number of fused-ring (bicyclic) bond motifs is 4. The van der Waals surface area contributed by atoms with Gasteiger partial charge in [0.05, 0.1) is 24.1 Å². The van der Waals surface area contributed by atoms with Gasteiger partial charge in [-0.25, -0.2) is 0 Å². The van der Waals surface area contributed by atoms with Crippen LogP contribution in [0.3, 0.4) is 0 Å². The lowest BCUT2D eigenvalue weighted by atomic mass is 9.76. The summed E-state index contributed by atoms with van der Waals surface area (Å²) in [5.74, 6) is -0.184. The maximum Gasteiger partial charge on any atom is 0.254 e. The number of hydrogen-bond acceptors (Lipinski definition) is 3. The summed E-state index contributed by atoms with van der Waals surface area (Å²) in [6.07, 6.45) is 0.781. The minimum atomic E-state index is -0.531. The summed E-state index contributed by atoms with van der Waals surface area (Å²) in [6, 6.07) is 20.3. The van der Waals surface area contributed by atoms with Gasteiger partial charge in [-0.3, -0.25) is 9.59 Å². The number of carbonyl (C=O) groups is 2. The highest BCUT2D eigenvalue weighted by atomic mass is 35.5. The van der Waals surface area contributed by atoms with Gasteiger partial charge in [0.2, 0.25) is 5.91 Å². The number of amides is 2. The van der Waals surface area contributed by atoms with E-state index in [1.165, 1.54) is 5.56 Å². The van der Waals surface area contributed by atoms with E-state index in [2.05, 4.69) is 11.4 Å². The standard InChI is InChI=1S/C25H21ClN2O3/c1-31-21-11-10-16(14-20(21)26)27-24(29)22-18-8-4-5-9-19(18)25(30)28-13-12-15-6-2-3-7-17(15)23(22)28/h2-11,14,22-23H,12-13H2,1H3,(H,27,29)/t22-,23+/m0/s1. The molecule has 0 unspecified atom stereocenters. The Morgan fingerprint density at radius 3 is 2.58 bits per heavy atom. The lowest BCUT2D eigenvalue weighted by Gasteiger charge is -2.45. The average molecular weight is 433 g/mol. The molecular weight excluding hydrogens is 412 g/mol. The number of methoxy groups -OCH3 is 1. The van der Waals surface area contributed by atoms with Gasteiger partial charge in [-0.15, -0.1) is 0 Å². The molecule has 1 N–H and O–H groups in total. The third kappa shape index (κ3) is 3.26. The number of carbonyl (C=O) groups excluding carboxylic acids is 2. The fraction of sp³-hybridized carbons (Fsp3) is 0.200. The van der Waals surface area contributed by atoms with Crippen LogP contribution in [0, 0.1) is 0 Å². The highest BCUT2D eigenvalue weighted by molar-refractivity contribution is 6.32. The molecule has 0 spiro atoms. The first-order valence-corrected chi connectivity index (χ1v) is 10.6. The molecular formula is C25H21ClN2O3. The number of nitrogens with zero attached hydrogens (tertiary/aromatic N) is 1. The minimum Gasteiger partial charge on any atom is -0.495 e. The van der Waals surface area contributed by atoms with E-state index in [9.17, 15) is 9.59 Å². The fourth-order valence-electron chi connectivity index (χ4n) is 4.72. The molecule has 2 amide bonds. The number of ether oxygens (including phenoxy) is 1. The SMILES string of the molecule is COc1ccc(NC(=O)[C@H]2c3ccccc3C(=O)N3CCc4ccccc4[C@H]23)cc1Cl. The summed E-state index contributed by atoms with van der Waals surface area (Å²) >= 11 is 6.25. The molecule has 5 nitrogen and oxygen atoms in total. The molecule has 0 fully saturated rings. The largest absolute Gasteiger partial charge is 0.495 e. The predicted octanol–water partition coefficient (Wildman–Crippen LogP) is 4.82. The summed E-state index contributed by atoms with van der Waals surface area (Å²) < 4.78 is 5.20. The zero-order valence-corrected chi connectivity index (χ0v) is 17.7. The van der Waals surface area contributed by atoms with E-state index in [1.807, 2.05) is 41.3 Å². The Bertz CT molecular complexity index is 1190. The molecule has 0 aliphatic carbocycles. The quantitative estimate of drug-likeness (QED) is 0.645. The van der Waals surface area contributed by atoms with Crippen LogP contribution in [0.15, 0.2) is 66.7 Å². The molecule has 2 aliphatic heterocycles. The lowest BCUT2D eigenvalue weighted by Crippen LogP contribution is -2.49. The van der Waals surface area contributed by atoms with Crippen molar-refractivity contribution in [3.05, 3.63) is 94.0 Å². The van der Waals surface area contributed by atoms with Gasteiger partial charge in [-0.2, -0.15) is 0 Å². The second-order valence-corrected chi connectivity index (χ2v) is 8.20. The molecule has 31 heavy (non-hydrogen) atoms. The van der Waals surface area contributed by atoms with Crippen molar-refractivity contribution >= 4 is 29.1 Å². The molecule has 3 aromatic carbocycles. The lowest BCUT2D eigenvalue weighted by molar-refractivity contribution is -0.119. The zero-order chi connectivity index (χ0) is 21.5. The van der Waals surface area contributed by atoms with Crippen LogP contribution in [0.2, 0.25) is 5.02 Å². The summed E-state index contributed by atoms with van der Waals surface area (Å²) in [7, 11) is 1.55. The molecule has 0 bridgehead atoms. The normalized spacial score (nSPS) is 19.2. The van der Waals surface area contributed by atoms with Gasteiger partial charge in [0.15, 0.2) is 0 Å². The van der Waals surface area contributed by atoms with Crippen molar-refractivity contribution in [2.75, 3.05) is 19.0 Å². The smallest absolute Gasteiger partial charge is 0.254 e. The second-order valence-electron chi connectivity index (χ2n) is 7.80. The van der Waals surface area contributed by atoms with Crippen LogP contribution in [-0.4, -0.2) is 30.4 Å². The van der Waals surface area contributed by atoms with E-state index in [4.69, 9.17) is 16.3 Å². The molecule has 6 heteroatoms. The number of rotatable bonds is 3. The van der Waals surface area contributed by atoms with Crippen LogP contribution in [-0.2, 0) is 11.2 Å². The van der Waals surface area contributed by atoms with Crippen LogP contribution in [0.5, 0.6) is 5.75 Å². The number of hydrogen-bond donors (Lipinski definition) is 1. The van der Waals surface area contributed by atoms with Gasteiger partial charge >= 0.3 is 0 Å². The maximum absolute atomic E-state index is 13.6. The molecule has 2 heterocycles. The van der Waals surface area contributed by atoms with Gasteiger partial charge in [0.25, 0.3) is 5.91 Å². The van der Waals surface area contributed by atoms with Crippen molar-refractivity contribution in [1.82, 2.24) is 4.90 Å². The van der Waals surface area contributed by atoms with Gasteiger partial charge in [0.1, 0.15) is 5.75 Å². The van der Waals surface area contributed by atoms with E-state index in [-0.39, 0.29) is 17.9 Å². The van der Waals surface area contributed by atoms with Crippen LogP contribution in [0.1, 0.15) is 39.0 Å². The Morgan fingerprint density at radius 1 is 1.06 bits per heavy atom. The summed E-state index contributed by atoms with van der Waals surface area (Å²) in [5.41, 5.74) is 4.14. The highest BCUT2D eigenvalue weighted by Gasteiger charge is 2.46. The van der Waals surface area contributed by atoms with E-state index in [0.29, 0.717) is 28.6 Å². The van der Waals surface area contributed by atoms with Gasteiger partial charge in [-0.1, -0.05) is 54.1 Å². The van der Waals surface area contributed by atoms with Gasteiger partial charge in [-0.05, 0) is 47.4 Å². The third-order valence-corrected chi connectivity index (χ3v) is 6.43. The van der Waals surface area contributed by atoms with Gasteiger partial charge in [0, 0.05) is 17.8 Å². The van der Waals surface area contributed by atoms with Crippen molar-refractivity contribution in [1.29, 1.82) is 0 Å². The first-order valence-electron chi connectivity index (χ1n) is 10.2. The topological polar surface area (TPSA) is 58.6 Å². The Balaban J connectivity index is 1.59. The molecule has 0 saturated carbocycles. The first kappa shape index (κ1) is 19.6. The number of halogens is 1. The van der Waals surface area contributed by atoms with E-state index < -0.39 is 5.92 Å². The second kappa shape index (κ2) is 7.75. The summed E-state index contributed by atoms with van der Waals surface area (Å²) in [6.45, 7) is 0.590. The fourth-order valence-corrected chi connectivity index (χ4v) is 4.98. The Hall–Kier alpha value is -3.31. The maximum atomic E-state index is 13.6. The monoisotopic (exact) mass is 432 g/mol. The molecule has 2 atom stereocenters. The van der Waals surface area contributed by atoms with E-state index in [1.54, 1.807) is 31.4 Å². The Morgan fingerprint density at radius 2 is 1.81 bits per heavy atom. The van der Waals surface area contributed by atoms with Crippen molar-refractivity contribution in [2.24, 2.45) is 0 Å². The number of anilines is 1. The molecule has 0 saturated heterocycles. The van der Waals surface area contributed by atoms with Crippen molar-refractivity contribution in [3.8, 4) is 5.75 Å². The summed E-state index contributed by atoms with van der Waals surface area (Å²) in [4.78, 5) is 28.8. The van der Waals surface area contributed by atoms with Crippen LogP contribution >= 0.6 is 11.6 Å². The Kier molecular flexibility index (Phi) is 4.91. The van der Waals surface area contributed by atoms with Crippen molar-refractivity contribution in [3.63, 3.8) is 0 Å². The molecule has 5 rings (SSSR count).